The Bertz CT molecular complexity index is 387. The molecule has 2 aromatic rings. The van der Waals surface area contributed by atoms with Crippen molar-refractivity contribution in [2.45, 2.75) is 7.43 Å². The number of hydrogen-bond acceptors (Lipinski definition) is 1. The molecule has 0 aliphatic rings. The molecule has 17 heavy (non-hydrogen) atoms. The number of benzene rings is 2. The highest BCUT2D eigenvalue weighted by Crippen LogP contribution is 2.17. The Morgan fingerprint density at radius 3 is 1.18 bits per heavy atom. The smallest absolute Gasteiger partial charge is 0.134 e. The number of hydrogen-bond donors (Lipinski definition) is 2. The van der Waals surface area contributed by atoms with Gasteiger partial charge in [0.15, 0.2) is 0 Å². The minimum absolute atomic E-state index is 0. The van der Waals surface area contributed by atoms with E-state index in [0.29, 0.717) is 0 Å². The van der Waals surface area contributed by atoms with E-state index in [1.807, 2.05) is 12.1 Å². The Labute approximate surface area is 102 Å². The van der Waals surface area contributed by atoms with Gasteiger partial charge in [0.25, 0.3) is 0 Å². The van der Waals surface area contributed by atoms with Crippen LogP contribution in [0.3, 0.4) is 0 Å². The Hall–Kier alpha value is -1.54. The monoisotopic (exact) mass is 251 g/mol. The third kappa shape index (κ3) is 6.59. The van der Waals surface area contributed by atoms with E-state index in [4.69, 9.17) is 14.4 Å². The van der Waals surface area contributed by atoms with Gasteiger partial charge >= 0.3 is 8.25 Å². The molecule has 3 nitrogen and oxygen atoms in total. The van der Waals surface area contributed by atoms with Gasteiger partial charge in [0, 0.05) is 4.57 Å². The average molecular weight is 251 g/mol. The first-order valence-corrected chi connectivity index (χ1v) is 5.82. The molecule has 0 aliphatic carbocycles. The van der Waals surface area contributed by atoms with Crippen molar-refractivity contribution in [1.29, 1.82) is 0 Å². The Kier molecular flexibility index (Phi) is 7.82. The quantitative estimate of drug-likeness (QED) is 0.761. The first-order chi connectivity index (χ1) is 7.70. The van der Waals surface area contributed by atoms with Crippen molar-refractivity contribution in [1.82, 2.24) is 0 Å². The van der Waals surface area contributed by atoms with Crippen molar-refractivity contribution in [3.63, 3.8) is 0 Å². The summed E-state index contributed by atoms with van der Waals surface area (Å²) < 4.78 is 8.70. The Balaban J connectivity index is 0.000000453. The van der Waals surface area contributed by atoms with E-state index < -0.39 is 8.25 Å². The van der Waals surface area contributed by atoms with Crippen LogP contribution in [0.25, 0.3) is 11.1 Å². The fourth-order valence-corrected chi connectivity index (χ4v) is 1.26. The van der Waals surface area contributed by atoms with Crippen molar-refractivity contribution in [3.8, 4) is 11.1 Å². The lowest BCUT2D eigenvalue weighted by Crippen LogP contribution is -1.73. The molecule has 0 amide bonds. The standard InChI is InChI=1S/C12H10.CH4.HO3P/c1-3-7-11(8-4-1)12-9-5-2-6-10-12;;1-4(2)3/h1-10H;1H4;(H-,1,2,3)/p+1. The minimum atomic E-state index is -2.87. The van der Waals surface area contributed by atoms with Crippen LogP contribution in [0.5, 0.6) is 0 Å². The molecule has 4 heteroatoms. The van der Waals surface area contributed by atoms with Crippen LogP contribution < -0.4 is 0 Å². The van der Waals surface area contributed by atoms with E-state index >= 15 is 0 Å². The molecule has 0 aliphatic heterocycles. The van der Waals surface area contributed by atoms with Crippen molar-refractivity contribution in [2.24, 2.45) is 0 Å². The molecule has 0 atom stereocenters. The van der Waals surface area contributed by atoms with Gasteiger partial charge in [-0.05, 0) is 11.1 Å². The van der Waals surface area contributed by atoms with Crippen LogP contribution in [0, 0.1) is 0 Å². The van der Waals surface area contributed by atoms with E-state index in [1.165, 1.54) is 11.1 Å². The molecule has 0 heterocycles. The van der Waals surface area contributed by atoms with E-state index in [-0.39, 0.29) is 7.43 Å². The molecular formula is C13H16O3P+. The predicted molar refractivity (Wildman–Crippen MR) is 70.7 cm³/mol. The zero-order valence-corrected chi connectivity index (χ0v) is 9.42. The Morgan fingerprint density at radius 1 is 0.706 bits per heavy atom. The molecule has 0 fully saturated rings. The van der Waals surface area contributed by atoms with Gasteiger partial charge in [-0.2, -0.15) is 0 Å². The maximum Gasteiger partial charge on any atom is 0.692 e. The topological polar surface area (TPSA) is 57.5 Å². The molecule has 90 valence electrons. The zero-order valence-electron chi connectivity index (χ0n) is 8.52. The summed E-state index contributed by atoms with van der Waals surface area (Å²) >= 11 is 0. The summed E-state index contributed by atoms with van der Waals surface area (Å²) in [5, 5.41) is 0. The van der Waals surface area contributed by atoms with Crippen LogP contribution in [0.2, 0.25) is 0 Å². The summed E-state index contributed by atoms with van der Waals surface area (Å²) in [5.74, 6) is 0. The molecular weight excluding hydrogens is 235 g/mol. The van der Waals surface area contributed by atoms with Gasteiger partial charge in [0.1, 0.15) is 0 Å². The van der Waals surface area contributed by atoms with E-state index in [2.05, 4.69) is 48.5 Å². The van der Waals surface area contributed by atoms with E-state index in [1.54, 1.807) is 0 Å². The van der Waals surface area contributed by atoms with Crippen LogP contribution in [-0.2, 0) is 4.57 Å². The van der Waals surface area contributed by atoms with Crippen molar-refractivity contribution in [2.75, 3.05) is 0 Å². The normalized spacial score (nSPS) is 8.35. The molecule has 2 rings (SSSR count). The molecule has 0 saturated heterocycles. The molecule has 0 unspecified atom stereocenters. The van der Waals surface area contributed by atoms with Gasteiger partial charge in [-0.15, -0.1) is 9.79 Å². The zero-order chi connectivity index (χ0) is 11.8. The molecule has 2 N–H and O–H groups in total. The second kappa shape index (κ2) is 8.59. The van der Waals surface area contributed by atoms with Gasteiger partial charge < -0.3 is 0 Å². The first kappa shape index (κ1) is 15.5. The molecule has 0 saturated carbocycles. The number of rotatable bonds is 1. The van der Waals surface area contributed by atoms with E-state index in [9.17, 15) is 0 Å². The third-order valence-electron chi connectivity index (χ3n) is 1.88. The summed E-state index contributed by atoms with van der Waals surface area (Å²) in [6, 6.07) is 20.8. The van der Waals surface area contributed by atoms with Gasteiger partial charge in [-0.1, -0.05) is 68.1 Å². The fraction of sp³-hybridized carbons (Fsp3) is 0.0769. The highest BCUT2D eigenvalue weighted by Gasteiger charge is 1.93. The molecule has 0 spiro atoms. The SMILES string of the molecule is C.O=[P+](O)O.c1ccc(-c2ccccc2)cc1. The van der Waals surface area contributed by atoms with Gasteiger partial charge in [0.05, 0.1) is 0 Å². The average Bonchev–Trinajstić information content (AvgIpc) is 2.31. The van der Waals surface area contributed by atoms with Crippen molar-refractivity contribution < 1.29 is 14.4 Å². The van der Waals surface area contributed by atoms with Crippen LogP contribution in [0.1, 0.15) is 7.43 Å². The summed E-state index contributed by atoms with van der Waals surface area (Å²) in [7, 11) is -2.87. The second-order valence-electron chi connectivity index (χ2n) is 2.98. The Morgan fingerprint density at radius 2 is 0.941 bits per heavy atom. The van der Waals surface area contributed by atoms with Gasteiger partial charge in [-0.3, -0.25) is 0 Å². The highest BCUT2D eigenvalue weighted by atomic mass is 31.1. The second-order valence-corrected chi connectivity index (χ2v) is 3.49. The van der Waals surface area contributed by atoms with Gasteiger partial charge in [0.2, 0.25) is 0 Å². The largest absolute Gasteiger partial charge is 0.692 e. The molecule has 2 aromatic carbocycles. The van der Waals surface area contributed by atoms with Crippen LogP contribution in [0.4, 0.5) is 0 Å². The predicted octanol–water partition coefficient (Wildman–Crippen LogP) is 3.62. The highest BCUT2D eigenvalue weighted by molar-refractivity contribution is 7.30. The van der Waals surface area contributed by atoms with Gasteiger partial charge in [-0.25, -0.2) is 0 Å². The van der Waals surface area contributed by atoms with Crippen LogP contribution in [-0.4, -0.2) is 9.79 Å². The lowest BCUT2D eigenvalue weighted by Gasteiger charge is -1.98. The first-order valence-electron chi connectivity index (χ1n) is 4.65. The third-order valence-corrected chi connectivity index (χ3v) is 1.88. The molecule has 0 bridgehead atoms. The summed E-state index contributed by atoms with van der Waals surface area (Å²) in [5.41, 5.74) is 2.55. The minimum Gasteiger partial charge on any atom is -0.134 e. The van der Waals surface area contributed by atoms with Crippen molar-refractivity contribution >= 4 is 8.25 Å². The summed E-state index contributed by atoms with van der Waals surface area (Å²) in [4.78, 5) is 14.2. The summed E-state index contributed by atoms with van der Waals surface area (Å²) in [6.07, 6.45) is 0. The fourth-order valence-electron chi connectivity index (χ4n) is 1.26. The molecule has 0 radical (unpaired) electrons. The maximum atomic E-state index is 8.70. The molecule has 0 aromatic heterocycles. The maximum absolute atomic E-state index is 8.70. The van der Waals surface area contributed by atoms with Crippen molar-refractivity contribution in [3.05, 3.63) is 60.7 Å². The lowest BCUT2D eigenvalue weighted by molar-refractivity contribution is 0.405. The van der Waals surface area contributed by atoms with E-state index in [0.717, 1.165) is 0 Å². The summed E-state index contributed by atoms with van der Waals surface area (Å²) in [6.45, 7) is 0. The van der Waals surface area contributed by atoms with Crippen LogP contribution >= 0.6 is 8.25 Å². The lowest BCUT2D eigenvalue weighted by atomic mass is 10.1. The van der Waals surface area contributed by atoms with Crippen LogP contribution in [0.15, 0.2) is 60.7 Å².